The minimum absolute atomic E-state index is 0. The van der Waals surface area contributed by atoms with Crippen LogP contribution in [0.2, 0.25) is 0 Å². The molecule has 0 N–H and O–H groups in total. The van der Waals surface area contributed by atoms with Crippen molar-refractivity contribution in [3.8, 4) is 50.9 Å². The van der Waals surface area contributed by atoms with Crippen LogP contribution in [0.4, 0.5) is 0 Å². The van der Waals surface area contributed by atoms with E-state index in [0.29, 0.717) is 40.2 Å². The zero-order valence-electron chi connectivity index (χ0n) is 47.5. The maximum absolute atomic E-state index is 9.33. The van der Waals surface area contributed by atoms with Crippen LogP contribution in [-0.2, 0) is 38.3 Å². The topological polar surface area (TPSA) is 35.9 Å². The molecule has 320 valence electrons. The van der Waals surface area contributed by atoms with E-state index in [-0.39, 0.29) is 107 Å². The van der Waals surface area contributed by atoms with Gasteiger partial charge in [0.1, 0.15) is 5.82 Å². The van der Waals surface area contributed by atoms with Crippen LogP contribution in [0.15, 0.2) is 164 Å². The molecule has 3 heterocycles. The number of imidazole rings is 1. The Labute approximate surface area is 406 Å². The van der Waals surface area contributed by atoms with Crippen molar-refractivity contribution in [2.24, 2.45) is 0 Å². The fraction of sp³-hybridized carbons (Fsp3) is 0.172. The molecule has 0 fully saturated rings. The summed E-state index contributed by atoms with van der Waals surface area (Å²) in [6, 6.07) is 30.7. The number of ether oxygens (including phenoxy) is 1. The summed E-state index contributed by atoms with van der Waals surface area (Å²) in [5.74, 6) is 0.344. The SMILES string of the molecule is [2H]c1c([2H])c([2H])c(-c2cccc(-c3cc(C(C)(C)C)cc(C(C)(C)C)c3)c2-[n+]2[c-]n(-c3[c-]c(Oc4[c-]c5c(c([2H])c4[2H])c4c([2H])c([2H])c([2H])c([2H])c4n5-c4cc(CC)ccn4)ccc3)c3ccccc32)c([2H])c1[2H].[Pt]. The Hall–Kier alpha value is -6.55. The van der Waals surface area contributed by atoms with Crippen LogP contribution < -0.4 is 9.30 Å². The van der Waals surface area contributed by atoms with Crippen LogP contribution >= 0.6 is 0 Å². The van der Waals surface area contributed by atoms with Crippen molar-refractivity contribution >= 4 is 32.8 Å². The van der Waals surface area contributed by atoms with E-state index in [4.69, 9.17) is 14.3 Å². The van der Waals surface area contributed by atoms with Crippen LogP contribution in [-0.4, -0.2) is 14.1 Å². The quantitative estimate of drug-likeness (QED) is 0.112. The van der Waals surface area contributed by atoms with E-state index in [1.165, 1.54) is 0 Å². The second kappa shape index (κ2) is 16.9. The third-order valence-electron chi connectivity index (χ3n) is 11.4. The molecule has 0 aliphatic rings. The summed E-state index contributed by atoms with van der Waals surface area (Å²) in [7, 11) is 0. The van der Waals surface area contributed by atoms with E-state index in [1.54, 1.807) is 33.5 Å². The predicted molar refractivity (Wildman–Crippen MR) is 258 cm³/mol. The van der Waals surface area contributed by atoms with Gasteiger partial charge in [0, 0.05) is 45.6 Å². The monoisotopic (exact) mass is 1020 g/mol. The van der Waals surface area contributed by atoms with Gasteiger partial charge in [-0.05, 0) is 86.8 Å². The zero-order chi connectivity index (χ0) is 53.0. The first-order valence-electron chi connectivity index (χ1n) is 26.5. The fourth-order valence-corrected chi connectivity index (χ4v) is 7.97. The molecular weight excluding hydrogens is 964 g/mol. The maximum atomic E-state index is 9.33. The van der Waals surface area contributed by atoms with E-state index in [0.717, 1.165) is 27.8 Å². The Bertz CT molecular complexity index is 3920. The van der Waals surface area contributed by atoms with E-state index in [9.17, 15) is 5.48 Å². The molecule has 0 amide bonds. The summed E-state index contributed by atoms with van der Waals surface area (Å²) in [6.07, 6.45) is 5.84. The Morgan fingerprint density at radius 2 is 1.36 bits per heavy atom. The molecule has 5 nitrogen and oxygen atoms in total. The third-order valence-corrected chi connectivity index (χ3v) is 11.4. The molecule has 0 spiro atoms. The molecule has 0 aliphatic carbocycles. The van der Waals surface area contributed by atoms with Gasteiger partial charge in [-0.25, -0.2) is 4.98 Å². The summed E-state index contributed by atoms with van der Waals surface area (Å²) in [6.45, 7) is 15.0. The molecule has 0 unspecified atom stereocenters. The number of benzene rings is 7. The van der Waals surface area contributed by atoms with Gasteiger partial charge in [-0.3, -0.25) is 4.57 Å². The first kappa shape index (κ1) is 31.3. The van der Waals surface area contributed by atoms with Crippen molar-refractivity contribution in [2.75, 3.05) is 0 Å². The van der Waals surface area contributed by atoms with Gasteiger partial charge in [0.15, 0.2) is 0 Å². The average molecular weight is 1030 g/mol. The molecule has 0 bridgehead atoms. The molecule has 64 heavy (non-hydrogen) atoms. The fourth-order valence-electron chi connectivity index (χ4n) is 7.97. The molecule has 10 aromatic rings. The predicted octanol–water partition coefficient (Wildman–Crippen LogP) is 14.1. The Morgan fingerprint density at radius 3 is 2.11 bits per heavy atom. The van der Waals surface area contributed by atoms with Gasteiger partial charge in [0.05, 0.1) is 29.1 Å². The van der Waals surface area contributed by atoms with Crippen LogP contribution in [0, 0.1) is 18.5 Å². The largest absolute Gasteiger partial charge is 0.510 e. The van der Waals surface area contributed by atoms with Gasteiger partial charge in [0.2, 0.25) is 0 Å². The molecule has 0 radical (unpaired) electrons. The summed E-state index contributed by atoms with van der Waals surface area (Å²) < 4.78 is 109. The van der Waals surface area contributed by atoms with Gasteiger partial charge < -0.3 is 13.9 Å². The van der Waals surface area contributed by atoms with E-state index >= 15 is 0 Å². The van der Waals surface area contributed by atoms with E-state index in [1.807, 2.05) is 66.1 Å². The molecule has 10 rings (SSSR count). The number of rotatable bonds is 8. The first-order valence-corrected chi connectivity index (χ1v) is 21.0. The van der Waals surface area contributed by atoms with E-state index < -0.39 is 30.2 Å². The summed E-state index contributed by atoms with van der Waals surface area (Å²) in [4.78, 5) is 4.59. The molecule has 6 heteroatoms. The van der Waals surface area contributed by atoms with Gasteiger partial charge in [-0.15, -0.1) is 29.6 Å². The minimum atomic E-state index is -0.493. The molecule has 0 saturated heterocycles. The van der Waals surface area contributed by atoms with Crippen molar-refractivity contribution in [2.45, 2.75) is 65.7 Å². The summed E-state index contributed by atoms with van der Waals surface area (Å²) in [5, 5.41) is 0.174. The maximum Gasteiger partial charge on any atom is 0.268 e. The summed E-state index contributed by atoms with van der Waals surface area (Å²) >= 11 is 0. The van der Waals surface area contributed by atoms with E-state index in [2.05, 4.69) is 83.2 Å². The van der Waals surface area contributed by atoms with Crippen LogP contribution in [0.1, 0.15) is 80.2 Å². The van der Waals surface area contributed by atoms with Gasteiger partial charge in [-0.2, -0.15) is 18.2 Å². The van der Waals surface area contributed by atoms with Crippen molar-refractivity contribution in [1.82, 2.24) is 14.1 Å². The second-order valence-electron chi connectivity index (χ2n) is 17.6. The molecule has 0 aliphatic heterocycles. The number of hydrogen-bond donors (Lipinski definition) is 0. The van der Waals surface area contributed by atoms with Gasteiger partial charge in [0.25, 0.3) is 6.33 Å². The summed E-state index contributed by atoms with van der Waals surface area (Å²) in [5.41, 5.74) is 7.29. The van der Waals surface area contributed by atoms with Crippen molar-refractivity contribution in [3.63, 3.8) is 0 Å². The Morgan fingerprint density at radius 1 is 0.656 bits per heavy atom. The van der Waals surface area contributed by atoms with Crippen LogP contribution in [0.3, 0.4) is 0 Å². The number of fused-ring (bicyclic) bond motifs is 4. The standard InChI is InChI=1S/C58H50N4O.Pt/c1-8-39-30-31-59-55(32-39)62-51-25-13-12-22-49(51)50-29-28-46(37-54(50)62)63-45-21-16-20-44(36-45)60-38-61(53-27-15-14-26-52(53)60)56-47(40-18-10-9-11-19-40)23-17-24-48(56)41-33-42(57(2,3)4)35-43(34-41)58(5,6)7;/h9-35H,8H2,1-7H3;/q-2;/i9D,10D,11D,12D,13D,18D,19D,22D,25D,28D,29D;. The number of pyridine rings is 1. The van der Waals surface area contributed by atoms with Crippen molar-refractivity contribution < 1.29 is 45.4 Å². The van der Waals surface area contributed by atoms with Gasteiger partial charge >= 0.3 is 0 Å². The Kier molecular flexibility index (Phi) is 8.25. The normalized spacial score (nSPS) is 14.3. The van der Waals surface area contributed by atoms with Crippen molar-refractivity contribution in [1.29, 1.82) is 0 Å². The van der Waals surface area contributed by atoms with Gasteiger partial charge in [-0.1, -0.05) is 163 Å². The number of hydrogen-bond acceptors (Lipinski definition) is 2. The number of aromatic nitrogens is 4. The second-order valence-corrected chi connectivity index (χ2v) is 17.6. The Balaban J connectivity index is 0.00000689. The number of para-hydroxylation sites is 4. The smallest absolute Gasteiger partial charge is 0.268 e. The number of nitrogens with zero attached hydrogens (tertiary/aromatic N) is 4. The third kappa shape index (κ3) is 7.88. The molecule has 0 saturated carbocycles. The van der Waals surface area contributed by atoms with Crippen molar-refractivity contribution in [3.05, 3.63) is 199 Å². The first-order chi connectivity index (χ1) is 35.0. The van der Waals surface area contributed by atoms with Crippen LogP contribution in [0.25, 0.3) is 72.3 Å². The average Bonchev–Trinajstić information content (AvgIpc) is 3.94. The minimum Gasteiger partial charge on any atom is -0.510 e. The van der Waals surface area contributed by atoms with Crippen LogP contribution in [0.5, 0.6) is 11.5 Å². The number of aryl methyl sites for hydroxylation is 1. The molecule has 7 aromatic carbocycles. The molecule has 3 aromatic heterocycles. The zero-order valence-corrected chi connectivity index (χ0v) is 38.7. The molecular formula is C58H50N4OPt-2. The molecule has 0 atom stereocenters.